The van der Waals surface area contributed by atoms with Gasteiger partial charge in [-0.3, -0.25) is 4.79 Å². The van der Waals surface area contributed by atoms with Gasteiger partial charge in [0, 0.05) is 42.4 Å². The molecule has 216 valence electrons. The molecule has 0 amide bonds. The first kappa shape index (κ1) is 29.5. The molecule has 1 aromatic heterocycles. The smallest absolute Gasteiger partial charge is 0.343 e. The Hall–Kier alpha value is -3.48. The van der Waals surface area contributed by atoms with Gasteiger partial charge in [-0.2, -0.15) is 0 Å². The second-order valence-corrected chi connectivity index (χ2v) is 12.4. The van der Waals surface area contributed by atoms with Crippen molar-refractivity contribution in [2.75, 3.05) is 0 Å². The Morgan fingerprint density at radius 3 is 2.48 bits per heavy atom. The predicted molar refractivity (Wildman–Crippen MR) is 155 cm³/mol. The van der Waals surface area contributed by atoms with Crippen molar-refractivity contribution in [3.05, 3.63) is 68.3 Å². The fraction of sp³-hybridized carbons (Fsp3) is 0.515. The number of rotatable bonds is 5. The van der Waals surface area contributed by atoms with Crippen molar-refractivity contribution < 1.29 is 29.3 Å². The number of fused-ring (bicyclic) bond motifs is 2. The zero-order valence-corrected chi connectivity index (χ0v) is 24.5. The number of hydrogen-bond acceptors (Lipinski definition) is 7. The van der Waals surface area contributed by atoms with Crippen LogP contribution in [0.2, 0.25) is 0 Å². The molecule has 0 radical (unpaired) electrons. The van der Waals surface area contributed by atoms with E-state index in [9.17, 15) is 24.9 Å². The number of carbonyl (C=O) groups excluding carboxylic acids is 1. The van der Waals surface area contributed by atoms with Gasteiger partial charge < -0.3 is 24.5 Å². The number of phenolic OH excluding ortho intramolecular Hbond substituents is 2. The summed E-state index contributed by atoms with van der Waals surface area (Å²) in [6, 6.07) is 1.42. The van der Waals surface area contributed by atoms with Gasteiger partial charge in [-0.25, -0.2) is 4.79 Å². The molecule has 0 unspecified atom stereocenters. The number of carbonyl (C=O) groups is 1. The average Bonchev–Trinajstić information content (AvgIpc) is 2.87. The first-order valence-corrected chi connectivity index (χ1v) is 14.2. The topological polar surface area (TPSA) is 117 Å². The molecule has 4 rings (SSSR count). The molecule has 7 heteroatoms. The highest BCUT2D eigenvalue weighted by Gasteiger charge is 2.44. The maximum absolute atomic E-state index is 12.9. The largest absolute Gasteiger partial charge is 0.507 e. The molecule has 7 nitrogen and oxygen atoms in total. The van der Waals surface area contributed by atoms with Gasteiger partial charge in [0.1, 0.15) is 39.9 Å². The van der Waals surface area contributed by atoms with Gasteiger partial charge in [0.25, 0.3) is 0 Å². The Balaban J connectivity index is 1.87. The highest BCUT2D eigenvalue weighted by molar-refractivity contribution is 6.01. The van der Waals surface area contributed by atoms with Crippen LogP contribution in [0, 0.1) is 11.3 Å². The lowest BCUT2D eigenvalue weighted by Crippen LogP contribution is -2.45. The van der Waals surface area contributed by atoms with Crippen LogP contribution in [0.3, 0.4) is 0 Å². The number of hydrogen-bond donors (Lipinski definition) is 3. The van der Waals surface area contributed by atoms with E-state index in [4.69, 9.17) is 9.15 Å². The van der Waals surface area contributed by atoms with E-state index in [0.29, 0.717) is 30.6 Å². The Morgan fingerprint density at radius 2 is 1.82 bits per heavy atom. The van der Waals surface area contributed by atoms with E-state index in [-0.39, 0.29) is 51.7 Å². The Bertz CT molecular complexity index is 1430. The molecule has 40 heavy (non-hydrogen) atoms. The quantitative estimate of drug-likeness (QED) is 0.273. The van der Waals surface area contributed by atoms with Gasteiger partial charge in [0.2, 0.25) is 0 Å². The van der Waals surface area contributed by atoms with Crippen molar-refractivity contribution >= 4 is 5.78 Å². The van der Waals surface area contributed by atoms with Gasteiger partial charge in [-0.05, 0) is 58.3 Å². The second kappa shape index (κ2) is 11.2. The molecular formula is C33H42O7. The van der Waals surface area contributed by atoms with E-state index in [2.05, 4.69) is 39.0 Å². The first-order chi connectivity index (χ1) is 18.8. The predicted octanol–water partition coefficient (Wildman–Crippen LogP) is 6.92. The SMILES string of the molecule is CCCc1cc(O)c(Cc2c(O)c(C(C)=O)c(O)c3c2O[C@@]2(C)C/C=C/C(C)(C)C/C=C(\C)CC[C@@H]2C3)c(=O)o1. The highest BCUT2D eigenvalue weighted by atomic mass is 16.5. The summed E-state index contributed by atoms with van der Waals surface area (Å²) in [4.78, 5) is 25.5. The molecule has 1 aliphatic heterocycles. The lowest BCUT2D eigenvalue weighted by atomic mass is 9.74. The van der Waals surface area contributed by atoms with E-state index in [1.807, 2.05) is 13.8 Å². The lowest BCUT2D eigenvalue weighted by Gasteiger charge is -2.43. The van der Waals surface area contributed by atoms with E-state index in [1.165, 1.54) is 18.6 Å². The molecular weight excluding hydrogens is 508 g/mol. The summed E-state index contributed by atoms with van der Waals surface area (Å²) in [6.45, 7) is 11.8. The minimum Gasteiger partial charge on any atom is -0.507 e. The van der Waals surface area contributed by atoms with Gasteiger partial charge in [0.05, 0.1) is 5.56 Å². The fourth-order valence-electron chi connectivity index (χ4n) is 5.90. The number of aromatic hydroxyl groups is 3. The number of ether oxygens (including phenoxy) is 1. The molecule has 2 atom stereocenters. The monoisotopic (exact) mass is 550 g/mol. The average molecular weight is 551 g/mol. The molecule has 2 heterocycles. The zero-order chi connectivity index (χ0) is 29.4. The molecule has 3 N–H and O–H groups in total. The molecule has 0 spiro atoms. The second-order valence-electron chi connectivity index (χ2n) is 12.4. The molecule has 1 aliphatic carbocycles. The van der Waals surface area contributed by atoms with Crippen molar-refractivity contribution in [2.45, 2.75) is 98.5 Å². The summed E-state index contributed by atoms with van der Waals surface area (Å²) in [5.41, 5.74) is 0.262. The van der Waals surface area contributed by atoms with Crippen molar-refractivity contribution in [1.29, 1.82) is 0 Å². The molecule has 2 aliphatic rings. The highest BCUT2D eigenvalue weighted by Crippen LogP contribution is 2.52. The third kappa shape index (κ3) is 5.84. The van der Waals surface area contributed by atoms with Crippen LogP contribution in [0.25, 0.3) is 0 Å². The molecule has 0 bridgehead atoms. The number of phenols is 2. The van der Waals surface area contributed by atoms with Gasteiger partial charge in [0.15, 0.2) is 5.78 Å². The summed E-state index contributed by atoms with van der Waals surface area (Å²) < 4.78 is 12.1. The van der Waals surface area contributed by atoms with Gasteiger partial charge >= 0.3 is 5.63 Å². The minimum absolute atomic E-state index is 0.0163. The normalized spacial score (nSPS) is 24.4. The molecule has 2 aromatic rings. The van der Waals surface area contributed by atoms with Crippen molar-refractivity contribution in [1.82, 2.24) is 0 Å². The van der Waals surface area contributed by atoms with E-state index < -0.39 is 22.8 Å². The minimum atomic E-state index is -0.712. The number of Topliss-reactive ketones (excluding diaryl/α,β-unsaturated/α-hetero) is 1. The van der Waals surface area contributed by atoms with Crippen LogP contribution in [0.15, 0.2) is 39.1 Å². The summed E-state index contributed by atoms with van der Waals surface area (Å²) in [6.07, 6.45) is 11.3. The number of ketones is 1. The van der Waals surface area contributed by atoms with Crippen molar-refractivity contribution in [2.24, 2.45) is 11.3 Å². The summed E-state index contributed by atoms with van der Waals surface area (Å²) in [7, 11) is 0. The Labute approximate surface area is 236 Å². The lowest BCUT2D eigenvalue weighted by molar-refractivity contribution is 0.00626. The van der Waals surface area contributed by atoms with Crippen LogP contribution in [0.4, 0.5) is 0 Å². The van der Waals surface area contributed by atoms with E-state index in [1.54, 1.807) is 0 Å². The number of aryl methyl sites for hydroxylation is 1. The number of benzene rings is 1. The summed E-state index contributed by atoms with van der Waals surface area (Å²) >= 11 is 0. The van der Waals surface area contributed by atoms with Crippen LogP contribution in [-0.2, 0) is 19.3 Å². The maximum atomic E-state index is 12.9. The third-order valence-electron chi connectivity index (χ3n) is 8.48. The summed E-state index contributed by atoms with van der Waals surface area (Å²) in [5, 5.41) is 33.3. The molecule has 0 saturated heterocycles. The molecule has 1 aromatic carbocycles. The van der Waals surface area contributed by atoms with Crippen molar-refractivity contribution in [3.63, 3.8) is 0 Å². The standard InChI is InChI=1S/C33H42O7/c1-7-9-22-17-26(35)23(31(38)39-22)18-25-29(37)27(20(3)34)28(36)24-16-21-11-10-19(2)12-15-32(4,5)13-8-14-33(21,6)40-30(24)25/h8,12-13,17,21,35-37H,7,9-11,14-16,18H2,1-6H3/b13-8+,19-12+/t21-,33+/m1/s1. The van der Waals surface area contributed by atoms with Crippen LogP contribution in [0.5, 0.6) is 23.0 Å². The van der Waals surface area contributed by atoms with E-state index in [0.717, 1.165) is 25.7 Å². The third-order valence-corrected chi connectivity index (χ3v) is 8.48. The fourth-order valence-corrected chi connectivity index (χ4v) is 5.90. The maximum Gasteiger partial charge on any atom is 0.343 e. The van der Waals surface area contributed by atoms with Crippen LogP contribution < -0.4 is 10.4 Å². The van der Waals surface area contributed by atoms with Gasteiger partial charge in [-0.15, -0.1) is 0 Å². The van der Waals surface area contributed by atoms with Crippen LogP contribution in [-0.4, -0.2) is 26.7 Å². The molecule has 0 fully saturated rings. The Morgan fingerprint density at radius 1 is 1.10 bits per heavy atom. The number of allylic oxidation sites excluding steroid dienone is 3. The zero-order valence-electron chi connectivity index (χ0n) is 24.5. The van der Waals surface area contributed by atoms with Crippen LogP contribution >= 0.6 is 0 Å². The van der Waals surface area contributed by atoms with Gasteiger partial charge in [-0.1, -0.05) is 44.6 Å². The first-order valence-electron chi connectivity index (χ1n) is 14.2. The molecule has 0 saturated carbocycles. The van der Waals surface area contributed by atoms with E-state index >= 15 is 0 Å². The van der Waals surface area contributed by atoms with Crippen LogP contribution in [0.1, 0.15) is 106 Å². The van der Waals surface area contributed by atoms with Crippen molar-refractivity contribution in [3.8, 4) is 23.0 Å². The summed E-state index contributed by atoms with van der Waals surface area (Å²) in [5.74, 6) is -0.846. The Kier molecular flexibility index (Phi) is 8.25.